The van der Waals surface area contributed by atoms with E-state index in [9.17, 15) is 23.1 Å². The van der Waals surface area contributed by atoms with Crippen molar-refractivity contribution in [3.8, 4) is 11.1 Å². The molecule has 0 radical (unpaired) electrons. The number of pyridine rings is 1. The van der Waals surface area contributed by atoms with Crippen molar-refractivity contribution in [1.82, 2.24) is 14.8 Å². The number of alkyl halides is 3. The molecule has 0 bridgehead atoms. The molecule has 10 heteroatoms. The van der Waals surface area contributed by atoms with Crippen LogP contribution in [0.1, 0.15) is 37.0 Å². The molecule has 1 N–H and O–H groups in total. The van der Waals surface area contributed by atoms with Crippen molar-refractivity contribution in [1.29, 1.82) is 0 Å². The van der Waals surface area contributed by atoms with E-state index in [-0.39, 0.29) is 30.6 Å². The Balaban J connectivity index is 1.41. The Hall–Kier alpha value is -3.31. The summed E-state index contributed by atoms with van der Waals surface area (Å²) < 4.78 is 50.3. The van der Waals surface area contributed by atoms with Gasteiger partial charge in [0.2, 0.25) is 0 Å². The molecule has 2 aromatic carbocycles. The van der Waals surface area contributed by atoms with Crippen LogP contribution in [0.15, 0.2) is 73.1 Å². The maximum absolute atomic E-state index is 13.2. The van der Waals surface area contributed by atoms with Gasteiger partial charge in [-0.15, -0.1) is 0 Å². The number of aliphatic hydroxyl groups is 1. The van der Waals surface area contributed by atoms with Crippen LogP contribution in [-0.4, -0.2) is 77.5 Å². The summed E-state index contributed by atoms with van der Waals surface area (Å²) in [6, 6.07) is 17.6. The molecule has 1 aliphatic rings. The quantitative estimate of drug-likeness (QED) is 0.232. The highest BCUT2D eigenvalue weighted by Gasteiger charge is 2.51. The van der Waals surface area contributed by atoms with Gasteiger partial charge >= 0.3 is 12.1 Å². The number of nitrogens with zero attached hydrogens (tertiary/aromatic N) is 3. The van der Waals surface area contributed by atoms with Crippen molar-refractivity contribution in [2.24, 2.45) is 0 Å². The lowest BCUT2D eigenvalue weighted by Crippen LogP contribution is -2.53. The van der Waals surface area contributed by atoms with E-state index in [4.69, 9.17) is 9.47 Å². The molecular formula is C32H38F3N3O4. The maximum Gasteiger partial charge on any atom is 0.421 e. The van der Waals surface area contributed by atoms with Gasteiger partial charge in [-0.3, -0.25) is 19.6 Å². The molecule has 0 spiro atoms. The summed E-state index contributed by atoms with van der Waals surface area (Å²) in [6.45, 7) is 7.60. The summed E-state index contributed by atoms with van der Waals surface area (Å²) in [5.41, 5.74) is 0.717. The van der Waals surface area contributed by atoms with Crippen LogP contribution in [0.3, 0.4) is 0 Å². The van der Waals surface area contributed by atoms with Crippen molar-refractivity contribution >= 4 is 5.97 Å². The number of aromatic nitrogens is 1. The Kier molecular flexibility index (Phi) is 10.7. The minimum absolute atomic E-state index is 0.0335. The molecule has 1 saturated heterocycles. The number of halogens is 3. The number of hydrogen-bond acceptors (Lipinski definition) is 7. The fourth-order valence-corrected chi connectivity index (χ4v) is 5.05. The van der Waals surface area contributed by atoms with Crippen molar-refractivity contribution < 1.29 is 32.5 Å². The first-order chi connectivity index (χ1) is 20.1. The highest BCUT2D eigenvalue weighted by atomic mass is 19.4. The molecule has 1 aromatic heterocycles. The molecule has 1 fully saturated rings. The summed E-state index contributed by atoms with van der Waals surface area (Å²) in [5, 5.41) is 9.94. The second kappa shape index (κ2) is 14.2. The van der Waals surface area contributed by atoms with Crippen LogP contribution in [0.2, 0.25) is 0 Å². The van der Waals surface area contributed by atoms with E-state index >= 15 is 0 Å². The Morgan fingerprint density at radius 1 is 0.929 bits per heavy atom. The number of carbonyl (C=O) groups excluding carboxylic acids is 1. The first-order valence-corrected chi connectivity index (χ1v) is 14.1. The van der Waals surface area contributed by atoms with E-state index < -0.39 is 11.8 Å². The van der Waals surface area contributed by atoms with E-state index in [0.29, 0.717) is 19.8 Å². The van der Waals surface area contributed by atoms with Crippen LogP contribution in [0.5, 0.6) is 0 Å². The summed E-state index contributed by atoms with van der Waals surface area (Å²) in [4.78, 5) is 21.4. The Labute approximate surface area is 244 Å². The number of benzene rings is 2. The van der Waals surface area contributed by atoms with Gasteiger partial charge in [0.1, 0.15) is 6.61 Å². The zero-order chi connectivity index (χ0) is 30.2. The minimum Gasteiger partial charge on any atom is -0.463 e. The van der Waals surface area contributed by atoms with Gasteiger partial charge in [0.25, 0.3) is 0 Å². The molecule has 0 saturated carbocycles. The van der Waals surface area contributed by atoms with Gasteiger partial charge in [0.05, 0.1) is 13.0 Å². The van der Waals surface area contributed by atoms with Gasteiger partial charge in [-0.1, -0.05) is 48.5 Å². The van der Waals surface area contributed by atoms with E-state index in [2.05, 4.69) is 14.8 Å². The van der Waals surface area contributed by atoms with E-state index in [1.54, 1.807) is 24.5 Å². The average Bonchev–Trinajstić information content (AvgIpc) is 2.97. The Bertz CT molecular complexity index is 1270. The van der Waals surface area contributed by atoms with Crippen LogP contribution < -0.4 is 0 Å². The molecular weight excluding hydrogens is 547 g/mol. The fraction of sp³-hybridized carbons (Fsp3) is 0.438. The van der Waals surface area contributed by atoms with Crippen LogP contribution in [0.4, 0.5) is 13.2 Å². The summed E-state index contributed by atoms with van der Waals surface area (Å²) in [7, 11) is 0. The molecule has 3 aromatic rings. The number of esters is 1. The van der Waals surface area contributed by atoms with Crippen molar-refractivity contribution in [3.63, 3.8) is 0 Å². The lowest BCUT2D eigenvalue weighted by atomic mass is 9.93. The number of piperazine rings is 1. The number of ether oxygens (including phenoxy) is 2. The van der Waals surface area contributed by atoms with Gasteiger partial charge in [-0.05, 0) is 53.8 Å². The van der Waals surface area contributed by atoms with Crippen LogP contribution in [0, 0.1) is 0 Å². The summed E-state index contributed by atoms with van der Waals surface area (Å²) in [6.07, 6.45) is -0.935. The normalized spacial score (nSPS) is 18.0. The molecule has 226 valence electrons. The smallest absolute Gasteiger partial charge is 0.421 e. The van der Waals surface area contributed by atoms with Crippen molar-refractivity contribution in [2.75, 3.05) is 39.5 Å². The second-order valence-corrected chi connectivity index (χ2v) is 10.7. The molecule has 2 atom stereocenters. The Morgan fingerprint density at radius 2 is 1.55 bits per heavy atom. The molecule has 0 aliphatic carbocycles. The topological polar surface area (TPSA) is 75.1 Å². The number of carbonyl (C=O) groups is 1. The largest absolute Gasteiger partial charge is 0.463 e. The van der Waals surface area contributed by atoms with Gasteiger partial charge < -0.3 is 14.6 Å². The van der Waals surface area contributed by atoms with Crippen LogP contribution >= 0.6 is 0 Å². The van der Waals surface area contributed by atoms with Gasteiger partial charge in [-0.25, -0.2) is 0 Å². The van der Waals surface area contributed by atoms with Gasteiger partial charge in [0.15, 0.2) is 5.60 Å². The lowest BCUT2D eigenvalue weighted by molar-refractivity contribution is -0.258. The minimum atomic E-state index is -4.77. The maximum atomic E-state index is 13.2. The number of rotatable bonds is 12. The third kappa shape index (κ3) is 8.38. The first-order valence-electron chi connectivity index (χ1n) is 14.1. The zero-order valence-corrected chi connectivity index (χ0v) is 24.0. The Morgan fingerprint density at radius 3 is 2.17 bits per heavy atom. The molecule has 2 heterocycles. The van der Waals surface area contributed by atoms with Crippen molar-refractivity contribution in [3.05, 3.63) is 89.7 Å². The van der Waals surface area contributed by atoms with Crippen molar-refractivity contribution in [2.45, 2.75) is 51.2 Å². The highest BCUT2D eigenvalue weighted by Crippen LogP contribution is 2.39. The van der Waals surface area contributed by atoms with Crippen LogP contribution in [-0.2, 0) is 33.0 Å². The van der Waals surface area contributed by atoms with Gasteiger partial charge in [0, 0.05) is 57.8 Å². The third-order valence-corrected chi connectivity index (χ3v) is 7.61. The van der Waals surface area contributed by atoms with E-state index in [1.165, 1.54) is 17.7 Å². The molecule has 7 nitrogen and oxygen atoms in total. The highest BCUT2D eigenvalue weighted by molar-refractivity contribution is 5.70. The second-order valence-electron chi connectivity index (χ2n) is 10.7. The molecule has 42 heavy (non-hydrogen) atoms. The standard InChI is InChI=1S/C32H38F3N3O4/c1-3-41-18-19-42-30(39)20-29-23-37(21-25-12-14-36-15-13-25)16-17-38(29)22-24-4-6-26(7-5-24)27-8-10-28(11-9-27)31(2,40)32(33,34)35/h4-15,29,40H,3,16-23H2,1-2H3/t29-,31?/m1/s1. The average molecular weight is 586 g/mol. The van der Waals surface area contributed by atoms with Gasteiger partial charge in [-0.2, -0.15) is 13.2 Å². The predicted octanol–water partition coefficient (Wildman–Crippen LogP) is 5.17. The lowest BCUT2D eigenvalue weighted by Gasteiger charge is -2.41. The predicted molar refractivity (Wildman–Crippen MR) is 153 cm³/mol. The van der Waals surface area contributed by atoms with Crippen LogP contribution in [0.25, 0.3) is 11.1 Å². The summed E-state index contributed by atoms with van der Waals surface area (Å²) >= 11 is 0. The SMILES string of the molecule is CCOCCOC(=O)C[C@@H]1CN(Cc2ccncc2)CCN1Cc1ccc(-c2ccc(C(C)(O)C(F)(F)F)cc2)cc1. The molecule has 0 amide bonds. The van der Waals surface area contributed by atoms with E-state index in [1.807, 2.05) is 43.3 Å². The summed E-state index contributed by atoms with van der Waals surface area (Å²) in [5.74, 6) is -0.251. The molecule has 4 rings (SSSR count). The third-order valence-electron chi connectivity index (χ3n) is 7.61. The van der Waals surface area contributed by atoms with E-state index in [0.717, 1.165) is 49.8 Å². The first kappa shape index (κ1) is 31.6. The monoisotopic (exact) mass is 585 g/mol. The zero-order valence-electron chi connectivity index (χ0n) is 24.0. The molecule has 1 aliphatic heterocycles. The molecule has 1 unspecified atom stereocenters. The number of hydrogen-bond donors (Lipinski definition) is 1. The fourth-order valence-electron chi connectivity index (χ4n) is 5.05.